The third kappa shape index (κ3) is 12.0. The maximum atomic E-state index is 15.3. The summed E-state index contributed by atoms with van der Waals surface area (Å²) in [5, 5.41) is 18.0. The number of alkyl halides is 5. The number of carbonyl (C=O) groups is 2. The zero-order valence-corrected chi connectivity index (χ0v) is 25.6. The fourth-order valence-electron chi connectivity index (χ4n) is 3.99. The van der Waals surface area contributed by atoms with E-state index >= 15 is 8.78 Å². The second-order valence-corrected chi connectivity index (χ2v) is 10.3. The lowest BCUT2D eigenvalue weighted by molar-refractivity contribution is -0.185. The van der Waals surface area contributed by atoms with Crippen molar-refractivity contribution >= 4 is 11.9 Å². The number of aliphatic hydroxyl groups is 2. The van der Waals surface area contributed by atoms with E-state index in [1.165, 1.54) is 30.3 Å². The smallest absolute Gasteiger partial charge is 0.426 e. The first-order valence-corrected chi connectivity index (χ1v) is 14.4. The van der Waals surface area contributed by atoms with Gasteiger partial charge in [-0.2, -0.15) is 22.0 Å². The summed E-state index contributed by atoms with van der Waals surface area (Å²) < 4.78 is 92.8. The molecule has 0 fully saturated rings. The maximum Gasteiger partial charge on any atom is 0.426 e. The lowest BCUT2D eigenvalue weighted by atomic mass is 10.00. The largest absolute Gasteiger partial charge is 0.457 e. The molecular formula is C34H33F5O9. The van der Waals surface area contributed by atoms with E-state index in [0.29, 0.717) is 24.0 Å². The van der Waals surface area contributed by atoms with Crippen molar-refractivity contribution in [2.45, 2.75) is 38.0 Å². The number of hydrogen-bond acceptors (Lipinski definition) is 9. The molecule has 0 unspecified atom stereocenters. The summed E-state index contributed by atoms with van der Waals surface area (Å²) >= 11 is 0. The zero-order valence-electron chi connectivity index (χ0n) is 25.6. The number of aryl methyl sites for hydroxylation is 1. The molecule has 0 amide bonds. The third-order valence-corrected chi connectivity index (χ3v) is 6.57. The summed E-state index contributed by atoms with van der Waals surface area (Å²) in [7, 11) is 0. The Bertz CT molecular complexity index is 1500. The van der Waals surface area contributed by atoms with Crippen molar-refractivity contribution in [2.24, 2.45) is 0 Å². The molecule has 0 aliphatic carbocycles. The zero-order chi connectivity index (χ0) is 35.3. The van der Waals surface area contributed by atoms with Crippen LogP contribution in [0.2, 0.25) is 0 Å². The fraction of sp³-hybridized carbons (Fsp3) is 0.294. The summed E-state index contributed by atoms with van der Waals surface area (Å²) in [6, 6.07) is 15.6. The molecule has 0 aliphatic rings. The Morgan fingerprint density at radius 1 is 0.667 bits per heavy atom. The standard InChI is InChI=1S/C34H33F5O9/c1-22(18-40)31(42)46-20-44-28-15-29(45-21-47-32(43)23(2)19-41)17-30(16-28)48-34(38,39)27-12-10-26(11-13-27)25-8-6-24(7-9-25)5-3-4-14-33(35,36)37/h6-13,15-17,40-41H,1-5,14,18-21H2. The van der Waals surface area contributed by atoms with Crippen molar-refractivity contribution in [2.75, 3.05) is 26.8 Å². The van der Waals surface area contributed by atoms with Crippen molar-refractivity contribution in [3.05, 3.63) is 102 Å². The van der Waals surface area contributed by atoms with Gasteiger partial charge in [0.05, 0.1) is 29.9 Å². The average Bonchev–Trinajstić information content (AvgIpc) is 3.05. The van der Waals surface area contributed by atoms with E-state index in [4.69, 9.17) is 33.9 Å². The van der Waals surface area contributed by atoms with Crippen LogP contribution < -0.4 is 14.2 Å². The van der Waals surface area contributed by atoms with Crippen LogP contribution in [-0.2, 0) is 31.6 Å². The van der Waals surface area contributed by atoms with Gasteiger partial charge in [-0.25, -0.2) is 9.59 Å². The third-order valence-electron chi connectivity index (χ3n) is 6.57. The fourth-order valence-corrected chi connectivity index (χ4v) is 3.99. The molecule has 0 saturated carbocycles. The highest BCUT2D eigenvalue weighted by Crippen LogP contribution is 2.36. The molecular weight excluding hydrogens is 647 g/mol. The number of aliphatic hydroxyl groups excluding tert-OH is 2. The second kappa shape index (κ2) is 17.3. The number of carbonyl (C=O) groups excluding carboxylic acids is 2. The van der Waals surface area contributed by atoms with Crippen molar-refractivity contribution in [1.82, 2.24) is 0 Å². The highest BCUT2D eigenvalue weighted by Gasteiger charge is 2.35. The van der Waals surface area contributed by atoms with Crippen molar-refractivity contribution < 1.29 is 65.4 Å². The Balaban J connectivity index is 1.70. The van der Waals surface area contributed by atoms with Gasteiger partial charge in [-0.15, -0.1) is 0 Å². The van der Waals surface area contributed by atoms with Crippen LogP contribution in [0.25, 0.3) is 11.1 Å². The molecule has 3 aromatic carbocycles. The topological polar surface area (TPSA) is 121 Å². The van der Waals surface area contributed by atoms with Gasteiger partial charge in [-0.1, -0.05) is 49.6 Å². The van der Waals surface area contributed by atoms with Crippen molar-refractivity contribution in [3.63, 3.8) is 0 Å². The van der Waals surface area contributed by atoms with Crippen molar-refractivity contribution in [3.8, 4) is 28.4 Å². The van der Waals surface area contributed by atoms with E-state index in [1.807, 2.05) is 0 Å². The Kier molecular flexibility index (Phi) is 13.5. The SMILES string of the molecule is C=C(CO)C(=O)OCOc1cc(OCOC(=O)C(=C)CO)cc(OC(F)(F)c2ccc(-c3ccc(CCCCC(F)(F)F)cc3)cc2)c1. The normalized spacial score (nSPS) is 11.4. The number of unbranched alkanes of at least 4 members (excludes halogenated alkanes) is 1. The molecule has 2 N–H and O–H groups in total. The van der Waals surface area contributed by atoms with Gasteiger partial charge in [0, 0.05) is 24.6 Å². The minimum atomic E-state index is -4.18. The van der Waals surface area contributed by atoms with Gasteiger partial charge >= 0.3 is 24.2 Å². The minimum Gasteiger partial charge on any atom is -0.457 e. The number of ether oxygens (including phenoxy) is 5. The second-order valence-electron chi connectivity index (χ2n) is 10.3. The molecule has 3 rings (SSSR count). The van der Waals surface area contributed by atoms with Crippen LogP contribution in [0.1, 0.15) is 30.4 Å². The lowest BCUT2D eigenvalue weighted by Gasteiger charge is -2.20. The first-order chi connectivity index (χ1) is 22.7. The number of halogens is 5. The number of benzene rings is 3. The molecule has 0 heterocycles. The average molecular weight is 681 g/mol. The van der Waals surface area contributed by atoms with Gasteiger partial charge < -0.3 is 33.9 Å². The van der Waals surface area contributed by atoms with Gasteiger partial charge in [-0.3, -0.25) is 0 Å². The maximum absolute atomic E-state index is 15.3. The highest BCUT2D eigenvalue weighted by molar-refractivity contribution is 5.88. The van der Waals surface area contributed by atoms with E-state index in [1.54, 1.807) is 24.3 Å². The first kappa shape index (κ1) is 37.5. The Morgan fingerprint density at radius 3 is 1.58 bits per heavy atom. The minimum absolute atomic E-state index is 0.0311. The molecule has 0 aromatic heterocycles. The van der Waals surface area contributed by atoms with Crippen molar-refractivity contribution in [1.29, 1.82) is 0 Å². The molecule has 0 bridgehead atoms. The Labute approximate surface area is 272 Å². The quantitative estimate of drug-likeness (QED) is 0.0503. The molecule has 258 valence electrons. The van der Waals surface area contributed by atoms with Crippen LogP contribution in [0.4, 0.5) is 22.0 Å². The predicted octanol–water partition coefficient (Wildman–Crippen LogP) is 6.61. The van der Waals surface area contributed by atoms with Crippen LogP contribution in [0, 0.1) is 0 Å². The van der Waals surface area contributed by atoms with Gasteiger partial charge in [-0.05, 0) is 48.1 Å². The van der Waals surface area contributed by atoms with Gasteiger partial charge in [0.15, 0.2) is 0 Å². The first-order valence-electron chi connectivity index (χ1n) is 14.4. The summed E-state index contributed by atoms with van der Waals surface area (Å²) in [5.41, 5.74) is 1.19. The predicted molar refractivity (Wildman–Crippen MR) is 162 cm³/mol. The van der Waals surface area contributed by atoms with Crippen LogP contribution in [0.15, 0.2) is 91.0 Å². The monoisotopic (exact) mass is 680 g/mol. The molecule has 0 saturated heterocycles. The van der Waals surface area contributed by atoms with Crippen LogP contribution in [-0.4, -0.2) is 55.1 Å². The summed E-state index contributed by atoms with van der Waals surface area (Å²) in [6.07, 6.45) is -7.99. The van der Waals surface area contributed by atoms with E-state index < -0.39 is 68.8 Å². The van der Waals surface area contributed by atoms with Gasteiger partial charge in [0.2, 0.25) is 13.6 Å². The molecule has 9 nitrogen and oxygen atoms in total. The molecule has 14 heteroatoms. The Morgan fingerprint density at radius 2 is 1.12 bits per heavy atom. The molecule has 48 heavy (non-hydrogen) atoms. The molecule has 0 atom stereocenters. The van der Waals surface area contributed by atoms with E-state index in [-0.39, 0.29) is 29.1 Å². The van der Waals surface area contributed by atoms with Crippen LogP contribution in [0.3, 0.4) is 0 Å². The molecule has 0 spiro atoms. The number of rotatable bonds is 18. The molecule has 0 radical (unpaired) electrons. The van der Waals surface area contributed by atoms with E-state index in [2.05, 4.69) is 13.2 Å². The summed E-state index contributed by atoms with van der Waals surface area (Å²) in [6.45, 7) is 3.94. The lowest BCUT2D eigenvalue weighted by Crippen LogP contribution is -2.22. The van der Waals surface area contributed by atoms with E-state index in [9.17, 15) is 22.8 Å². The summed E-state index contributed by atoms with van der Waals surface area (Å²) in [4.78, 5) is 23.4. The van der Waals surface area contributed by atoms with Crippen LogP contribution in [0.5, 0.6) is 17.2 Å². The van der Waals surface area contributed by atoms with Gasteiger partial charge in [0.1, 0.15) is 17.2 Å². The highest BCUT2D eigenvalue weighted by atomic mass is 19.4. The van der Waals surface area contributed by atoms with Gasteiger partial charge in [0.25, 0.3) is 0 Å². The molecule has 3 aromatic rings. The Hall–Kier alpha value is -4.95. The number of esters is 2. The van der Waals surface area contributed by atoms with E-state index in [0.717, 1.165) is 17.7 Å². The number of hydrogen-bond donors (Lipinski definition) is 2. The summed E-state index contributed by atoms with van der Waals surface area (Å²) in [5.74, 6) is -2.65. The van der Waals surface area contributed by atoms with Crippen LogP contribution >= 0.6 is 0 Å². The molecule has 0 aliphatic heterocycles.